The van der Waals surface area contributed by atoms with Crippen molar-refractivity contribution in [3.63, 3.8) is 0 Å². The minimum Gasteiger partial charge on any atom is -0.392 e. The molecule has 2 N–H and O–H groups in total. The van der Waals surface area contributed by atoms with E-state index in [2.05, 4.69) is 10.4 Å². The van der Waals surface area contributed by atoms with Gasteiger partial charge in [-0.3, -0.25) is 9.59 Å². The van der Waals surface area contributed by atoms with Crippen molar-refractivity contribution in [2.24, 2.45) is 11.8 Å². The molecule has 0 radical (unpaired) electrons. The van der Waals surface area contributed by atoms with Gasteiger partial charge in [-0.25, -0.2) is 4.68 Å². The summed E-state index contributed by atoms with van der Waals surface area (Å²) in [6.07, 6.45) is 5.22. The van der Waals surface area contributed by atoms with Crippen molar-refractivity contribution >= 4 is 23.3 Å². The lowest BCUT2D eigenvalue weighted by atomic mass is 9.86. The number of carbonyl (C=O) groups is 2. The number of Topliss-reactive ketones (excluding diaryl/α,β-unsaturated/α-hetero) is 1. The second-order valence-corrected chi connectivity index (χ2v) is 8.88. The predicted molar refractivity (Wildman–Crippen MR) is 110 cm³/mol. The molecule has 3 atom stereocenters. The van der Waals surface area contributed by atoms with Crippen LogP contribution >= 0.6 is 11.6 Å². The Bertz CT molecular complexity index is 928. The van der Waals surface area contributed by atoms with Gasteiger partial charge in [0.15, 0.2) is 0 Å². The third-order valence-electron chi connectivity index (χ3n) is 6.07. The van der Waals surface area contributed by atoms with Crippen molar-refractivity contribution in [1.29, 1.82) is 0 Å². The maximum atomic E-state index is 12.8. The van der Waals surface area contributed by atoms with E-state index in [1.54, 1.807) is 17.1 Å². The van der Waals surface area contributed by atoms with E-state index in [0.717, 1.165) is 22.4 Å². The Morgan fingerprint density at radius 3 is 2.59 bits per heavy atom. The molecule has 0 saturated heterocycles. The van der Waals surface area contributed by atoms with Crippen LogP contribution in [-0.2, 0) is 9.59 Å². The summed E-state index contributed by atoms with van der Waals surface area (Å²) in [5.74, 6) is -0.399. The Hall–Kier alpha value is -2.18. The fourth-order valence-electron chi connectivity index (χ4n) is 4.40. The first-order chi connectivity index (χ1) is 13.8. The number of nitrogens with one attached hydrogen (secondary N) is 1. The van der Waals surface area contributed by atoms with E-state index in [1.807, 2.05) is 26.0 Å². The van der Waals surface area contributed by atoms with Crippen LogP contribution in [0.4, 0.5) is 0 Å². The molecule has 3 unspecified atom stereocenters. The highest BCUT2D eigenvalue weighted by molar-refractivity contribution is 6.30. The van der Waals surface area contributed by atoms with E-state index < -0.39 is 12.0 Å². The number of carbonyl (C=O) groups excluding carboxylic acids is 2. The number of nitrogens with zero attached hydrogens (tertiary/aromatic N) is 2. The number of aromatic nitrogens is 2. The van der Waals surface area contributed by atoms with Gasteiger partial charge in [-0.05, 0) is 61.4 Å². The number of rotatable bonds is 6. The number of aryl methyl sites for hydroxylation is 2. The van der Waals surface area contributed by atoms with E-state index in [9.17, 15) is 14.7 Å². The van der Waals surface area contributed by atoms with Gasteiger partial charge in [-0.1, -0.05) is 11.6 Å². The van der Waals surface area contributed by atoms with Gasteiger partial charge in [-0.2, -0.15) is 5.10 Å². The first-order valence-electron chi connectivity index (χ1n) is 10.1. The molecular formula is C22H26ClN3O3. The topological polar surface area (TPSA) is 84.2 Å². The van der Waals surface area contributed by atoms with E-state index >= 15 is 0 Å². The van der Waals surface area contributed by atoms with Gasteiger partial charge in [0.25, 0.3) is 0 Å². The molecule has 1 heterocycles. The highest BCUT2D eigenvalue weighted by Gasteiger charge is 2.44. The minimum atomic E-state index is -0.850. The van der Waals surface area contributed by atoms with Crippen molar-refractivity contribution in [2.45, 2.75) is 51.6 Å². The number of aliphatic hydroxyl groups is 1. The molecule has 6 nitrogen and oxygen atoms in total. The smallest absolute Gasteiger partial charge is 0.220 e. The molecule has 2 fully saturated rings. The Morgan fingerprint density at radius 1 is 1.31 bits per heavy atom. The molecule has 0 spiro atoms. The number of aliphatic hydroxyl groups excluding tert-OH is 1. The molecule has 1 aromatic heterocycles. The molecule has 7 heteroatoms. The average molecular weight is 416 g/mol. The summed E-state index contributed by atoms with van der Waals surface area (Å²) in [5, 5.41) is 18.6. The highest BCUT2D eigenvalue weighted by Crippen LogP contribution is 2.40. The lowest BCUT2D eigenvalue weighted by Gasteiger charge is -2.22. The highest BCUT2D eigenvalue weighted by atomic mass is 35.5. The standard InChI is InChI=1S/C22H26ClN3O3/c1-12-5-17(26-11-16(23)10-25-26)6-13(2)20(12)21-18(27)7-15(22(21)29)8-19(28)24-9-14-3-4-14/h5-6,10-11,14-15,21-22,29H,3-4,7-9H2,1-2H3,(H,24,28). The first kappa shape index (κ1) is 20.1. The molecule has 2 saturated carbocycles. The van der Waals surface area contributed by atoms with Gasteiger partial charge < -0.3 is 10.4 Å². The molecule has 2 aliphatic carbocycles. The van der Waals surface area contributed by atoms with Gasteiger partial charge in [0, 0.05) is 31.5 Å². The van der Waals surface area contributed by atoms with Gasteiger partial charge in [-0.15, -0.1) is 0 Å². The van der Waals surface area contributed by atoms with Crippen LogP contribution in [0, 0.1) is 25.7 Å². The Morgan fingerprint density at radius 2 is 2.00 bits per heavy atom. The van der Waals surface area contributed by atoms with Crippen molar-refractivity contribution in [2.75, 3.05) is 6.54 Å². The number of amides is 1. The first-order valence-corrected chi connectivity index (χ1v) is 10.5. The molecule has 2 aliphatic rings. The zero-order valence-electron chi connectivity index (χ0n) is 16.7. The van der Waals surface area contributed by atoms with E-state index in [-0.39, 0.29) is 30.4 Å². The van der Waals surface area contributed by atoms with E-state index in [1.165, 1.54) is 12.8 Å². The molecule has 0 aliphatic heterocycles. The zero-order valence-corrected chi connectivity index (χ0v) is 17.4. The normalized spacial score (nSPS) is 24.1. The monoisotopic (exact) mass is 415 g/mol. The minimum absolute atomic E-state index is 0.00132. The second kappa shape index (κ2) is 7.92. The molecule has 1 amide bonds. The van der Waals surface area contributed by atoms with E-state index in [4.69, 9.17) is 11.6 Å². The molecule has 154 valence electrons. The van der Waals surface area contributed by atoms with E-state index in [0.29, 0.717) is 17.5 Å². The fraction of sp³-hybridized carbons (Fsp3) is 0.500. The third-order valence-corrected chi connectivity index (χ3v) is 6.27. The number of benzene rings is 1. The lowest BCUT2D eigenvalue weighted by molar-refractivity contribution is -0.122. The lowest BCUT2D eigenvalue weighted by Crippen LogP contribution is -2.30. The molecule has 2 aromatic rings. The summed E-state index contributed by atoms with van der Waals surface area (Å²) in [6, 6.07) is 3.89. The summed E-state index contributed by atoms with van der Waals surface area (Å²) in [5.41, 5.74) is 3.54. The fourth-order valence-corrected chi connectivity index (χ4v) is 4.54. The molecule has 0 bridgehead atoms. The van der Waals surface area contributed by atoms with Crippen molar-refractivity contribution in [3.05, 3.63) is 46.2 Å². The molecule has 29 heavy (non-hydrogen) atoms. The van der Waals surface area contributed by atoms with Gasteiger partial charge in [0.1, 0.15) is 5.78 Å². The number of halogens is 1. The zero-order chi connectivity index (χ0) is 20.7. The van der Waals surface area contributed by atoms with Crippen LogP contribution < -0.4 is 5.32 Å². The predicted octanol–water partition coefficient (Wildman–Crippen LogP) is 3.09. The SMILES string of the molecule is Cc1cc(-n2cc(Cl)cn2)cc(C)c1C1C(=O)CC(CC(=O)NCC2CC2)C1O. The summed E-state index contributed by atoms with van der Waals surface area (Å²) in [7, 11) is 0. The quantitative estimate of drug-likeness (QED) is 0.759. The summed E-state index contributed by atoms with van der Waals surface area (Å²) < 4.78 is 1.69. The summed E-state index contributed by atoms with van der Waals surface area (Å²) >= 11 is 5.97. The Balaban J connectivity index is 1.52. The van der Waals surface area contributed by atoms with Crippen molar-refractivity contribution in [3.8, 4) is 5.69 Å². The number of hydrogen-bond acceptors (Lipinski definition) is 4. The Labute approximate surface area is 175 Å². The number of ketones is 1. The molecule has 1 aromatic carbocycles. The van der Waals surface area contributed by atoms with Gasteiger partial charge in [0.2, 0.25) is 5.91 Å². The summed E-state index contributed by atoms with van der Waals surface area (Å²) in [6.45, 7) is 4.58. The van der Waals surface area contributed by atoms with Crippen LogP contribution in [0.3, 0.4) is 0 Å². The maximum absolute atomic E-state index is 12.8. The second-order valence-electron chi connectivity index (χ2n) is 8.45. The van der Waals surface area contributed by atoms with Crippen LogP contribution in [0.1, 0.15) is 48.3 Å². The van der Waals surface area contributed by atoms with Crippen LogP contribution in [0.2, 0.25) is 5.02 Å². The summed E-state index contributed by atoms with van der Waals surface area (Å²) in [4.78, 5) is 25.0. The third kappa shape index (κ3) is 4.23. The van der Waals surface area contributed by atoms with Crippen LogP contribution in [0.5, 0.6) is 0 Å². The largest absolute Gasteiger partial charge is 0.392 e. The van der Waals surface area contributed by atoms with Crippen molar-refractivity contribution < 1.29 is 14.7 Å². The maximum Gasteiger partial charge on any atom is 0.220 e. The van der Waals surface area contributed by atoms with Gasteiger partial charge in [0.05, 0.1) is 28.9 Å². The van der Waals surface area contributed by atoms with Gasteiger partial charge >= 0.3 is 0 Å². The van der Waals surface area contributed by atoms with Crippen molar-refractivity contribution in [1.82, 2.24) is 15.1 Å². The van der Waals surface area contributed by atoms with Crippen LogP contribution in [0.25, 0.3) is 5.69 Å². The average Bonchev–Trinajstić information content (AvgIpc) is 3.33. The molecule has 4 rings (SSSR count). The molecular weight excluding hydrogens is 390 g/mol. The van der Waals surface area contributed by atoms with Crippen LogP contribution in [-0.4, -0.2) is 39.2 Å². The Kier molecular flexibility index (Phi) is 5.49. The number of hydrogen-bond donors (Lipinski definition) is 2. The van der Waals surface area contributed by atoms with Crippen LogP contribution in [0.15, 0.2) is 24.5 Å².